The molecule has 1 N–H and O–H groups in total. The first-order valence-corrected chi connectivity index (χ1v) is 6.12. The molecular weight excluding hydrogens is 224 g/mol. The van der Waals surface area contributed by atoms with E-state index in [1.54, 1.807) is 0 Å². The molecule has 0 unspecified atom stereocenters. The maximum Gasteiger partial charge on any atom is 0.303 e. The van der Waals surface area contributed by atoms with E-state index in [0.717, 1.165) is 6.42 Å². The average Bonchev–Trinajstić information content (AvgIpc) is 2.40. The topological polar surface area (TPSA) is 37.3 Å². The van der Waals surface area contributed by atoms with Gasteiger partial charge in [-0.3, -0.25) is 4.79 Å². The number of carboxylic acids is 1. The molecule has 92 valence electrons. The number of carbonyl (C=O) groups is 1. The standard InChI is InChI=1S/C16H16O2/c17-16(18)12-6-10-14-9-4-5-11-15(14)13-7-2-1-3-8-13/h1-5,7-9,11H,6,10,12H2,(H,17,18). The van der Waals surface area contributed by atoms with Crippen molar-refractivity contribution in [1.29, 1.82) is 0 Å². The van der Waals surface area contributed by atoms with Crippen molar-refractivity contribution in [3.63, 3.8) is 0 Å². The fraction of sp³-hybridized carbons (Fsp3) is 0.188. The molecule has 0 radical (unpaired) electrons. The van der Waals surface area contributed by atoms with Gasteiger partial charge in [0.05, 0.1) is 0 Å². The summed E-state index contributed by atoms with van der Waals surface area (Å²) in [5.41, 5.74) is 3.59. The van der Waals surface area contributed by atoms with Gasteiger partial charge in [0.25, 0.3) is 0 Å². The maximum absolute atomic E-state index is 10.5. The number of carboxylic acid groups (broad SMARTS) is 1. The van der Waals surface area contributed by atoms with E-state index in [4.69, 9.17) is 5.11 Å². The average molecular weight is 240 g/mol. The highest BCUT2D eigenvalue weighted by Gasteiger charge is 2.05. The van der Waals surface area contributed by atoms with E-state index in [0.29, 0.717) is 6.42 Å². The summed E-state index contributed by atoms with van der Waals surface area (Å²) in [6.07, 6.45) is 1.71. The molecule has 0 bridgehead atoms. The summed E-state index contributed by atoms with van der Waals surface area (Å²) in [5, 5.41) is 8.68. The lowest BCUT2D eigenvalue weighted by Gasteiger charge is -2.09. The number of hydrogen-bond acceptors (Lipinski definition) is 1. The highest BCUT2D eigenvalue weighted by molar-refractivity contribution is 5.68. The van der Waals surface area contributed by atoms with Crippen molar-refractivity contribution in [2.45, 2.75) is 19.3 Å². The van der Waals surface area contributed by atoms with Crippen molar-refractivity contribution in [2.75, 3.05) is 0 Å². The third-order valence-corrected chi connectivity index (χ3v) is 2.94. The van der Waals surface area contributed by atoms with E-state index in [2.05, 4.69) is 24.3 Å². The van der Waals surface area contributed by atoms with Crippen LogP contribution >= 0.6 is 0 Å². The summed E-state index contributed by atoms with van der Waals surface area (Å²) in [7, 11) is 0. The van der Waals surface area contributed by atoms with Gasteiger partial charge < -0.3 is 5.11 Å². The van der Waals surface area contributed by atoms with Crippen LogP contribution < -0.4 is 0 Å². The van der Waals surface area contributed by atoms with Gasteiger partial charge in [-0.05, 0) is 29.5 Å². The Morgan fingerprint density at radius 1 is 0.944 bits per heavy atom. The number of aryl methyl sites for hydroxylation is 1. The lowest BCUT2D eigenvalue weighted by atomic mass is 9.96. The highest BCUT2D eigenvalue weighted by Crippen LogP contribution is 2.24. The highest BCUT2D eigenvalue weighted by atomic mass is 16.4. The summed E-state index contributed by atoms with van der Waals surface area (Å²) in [6, 6.07) is 18.4. The van der Waals surface area contributed by atoms with Gasteiger partial charge in [0, 0.05) is 6.42 Å². The molecule has 0 aliphatic carbocycles. The van der Waals surface area contributed by atoms with Gasteiger partial charge in [-0.25, -0.2) is 0 Å². The number of hydrogen-bond donors (Lipinski definition) is 1. The summed E-state index contributed by atoms with van der Waals surface area (Å²) in [5.74, 6) is -0.729. The number of benzene rings is 2. The molecule has 2 rings (SSSR count). The Morgan fingerprint density at radius 3 is 2.33 bits per heavy atom. The molecule has 2 nitrogen and oxygen atoms in total. The van der Waals surface area contributed by atoms with Crippen molar-refractivity contribution in [2.24, 2.45) is 0 Å². The molecule has 0 spiro atoms. The molecule has 0 aliphatic heterocycles. The SMILES string of the molecule is O=C(O)CCCc1ccccc1-c1ccccc1. The predicted octanol–water partition coefficient (Wildman–Crippen LogP) is 3.76. The van der Waals surface area contributed by atoms with Gasteiger partial charge in [-0.2, -0.15) is 0 Å². The maximum atomic E-state index is 10.5. The lowest BCUT2D eigenvalue weighted by molar-refractivity contribution is -0.137. The Kier molecular flexibility index (Phi) is 4.13. The molecule has 2 aromatic rings. The van der Waals surface area contributed by atoms with E-state index in [9.17, 15) is 4.79 Å². The van der Waals surface area contributed by atoms with Crippen LogP contribution in [0.5, 0.6) is 0 Å². The molecule has 0 aromatic heterocycles. The summed E-state index contributed by atoms with van der Waals surface area (Å²) < 4.78 is 0. The number of rotatable bonds is 5. The molecule has 18 heavy (non-hydrogen) atoms. The van der Waals surface area contributed by atoms with E-state index in [1.807, 2.05) is 30.3 Å². The van der Waals surface area contributed by atoms with Gasteiger partial charge >= 0.3 is 5.97 Å². The van der Waals surface area contributed by atoms with E-state index >= 15 is 0 Å². The molecule has 0 heterocycles. The van der Waals surface area contributed by atoms with Crippen LogP contribution in [-0.2, 0) is 11.2 Å². The number of aliphatic carboxylic acids is 1. The van der Waals surface area contributed by atoms with Crippen LogP contribution in [0.15, 0.2) is 54.6 Å². The minimum Gasteiger partial charge on any atom is -0.481 e. The molecule has 0 amide bonds. The van der Waals surface area contributed by atoms with E-state index in [1.165, 1.54) is 16.7 Å². The second-order valence-electron chi connectivity index (χ2n) is 4.27. The summed E-state index contributed by atoms with van der Waals surface area (Å²) in [6.45, 7) is 0. The Morgan fingerprint density at radius 2 is 1.61 bits per heavy atom. The zero-order chi connectivity index (χ0) is 12.8. The first-order chi connectivity index (χ1) is 8.77. The van der Waals surface area contributed by atoms with Crippen molar-refractivity contribution >= 4 is 5.97 Å². The van der Waals surface area contributed by atoms with Gasteiger partial charge in [0.2, 0.25) is 0 Å². The third-order valence-electron chi connectivity index (χ3n) is 2.94. The lowest BCUT2D eigenvalue weighted by Crippen LogP contribution is -1.97. The van der Waals surface area contributed by atoms with Crippen molar-refractivity contribution < 1.29 is 9.90 Å². The van der Waals surface area contributed by atoms with Crippen LogP contribution in [0.4, 0.5) is 0 Å². The molecule has 0 saturated heterocycles. The minimum atomic E-state index is -0.729. The Hall–Kier alpha value is -2.09. The van der Waals surface area contributed by atoms with Crippen LogP contribution in [-0.4, -0.2) is 11.1 Å². The van der Waals surface area contributed by atoms with Crippen LogP contribution in [0, 0.1) is 0 Å². The van der Waals surface area contributed by atoms with Gasteiger partial charge in [0.15, 0.2) is 0 Å². The Labute approximate surface area is 107 Å². The molecule has 0 saturated carbocycles. The molecule has 0 fully saturated rings. The van der Waals surface area contributed by atoms with E-state index in [-0.39, 0.29) is 6.42 Å². The molecular formula is C16H16O2. The normalized spacial score (nSPS) is 10.2. The minimum absolute atomic E-state index is 0.225. The smallest absolute Gasteiger partial charge is 0.303 e. The second kappa shape index (κ2) is 6.01. The van der Waals surface area contributed by atoms with Crippen LogP contribution in [0.25, 0.3) is 11.1 Å². The molecule has 2 heteroatoms. The van der Waals surface area contributed by atoms with Gasteiger partial charge in [0.1, 0.15) is 0 Å². The van der Waals surface area contributed by atoms with Crippen LogP contribution in [0.2, 0.25) is 0 Å². The molecule has 0 atom stereocenters. The van der Waals surface area contributed by atoms with Crippen molar-refractivity contribution in [1.82, 2.24) is 0 Å². The fourth-order valence-corrected chi connectivity index (χ4v) is 2.07. The van der Waals surface area contributed by atoms with Crippen molar-refractivity contribution in [3.05, 3.63) is 60.2 Å². The van der Waals surface area contributed by atoms with Crippen molar-refractivity contribution in [3.8, 4) is 11.1 Å². The van der Waals surface area contributed by atoms with E-state index < -0.39 is 5.97 Å². The molecule has 0 aliphatic rings. The second-order valence-corrected chi connectivity index (χ2v) is 4.27. The fourth-order valence-electron chi connectivity index (χ4n) is 2.07. The quantitative estimate of drug-likeness (QED) is 0.864. The first-order valence-electron chi connectivity index (χ1n) is 6.12. The monoisotopic (exact) mass is 240 g/mol. The zero-order valence-corrected chi connectivity index (χ0v) is 10.2. The first kappa shape index (κ1) is 12.4. The summed E-state index contributed by atoms with van der Waals surface area (Å²) >= 11 is 0. The zero-order valence-electron chi connectivity index (χ0n) is 10.2. The molecule has 2 aromatic carbocycles. The third kappa shape index (κ3) is 3.20. The predicted molar refractivity (Wildman–Crippen MR) is 72.5 cm³/mol. The largest absolute Gasteiger partial charge is 0.481 e. The Balaban J connectivity index is 2.18. The van der Waals surface area contributed by atoms with Gasteiger partial charge in [-0.15, -0.1) is 0 Å². The Bertz CT molecular complexity index is 518. The van der Waals surface area contributed by atoms with Gasteiger partial charge in [-0.1, -0.05) is 54.6 Å². The van der Waals surface area contributed by atoms with Crippen LogP contribution in [0.3, 0.4) is 0 Å². The summed E-state index contributed by atoms with van der Waals surface area (Å²) in [4.78, 5) is 10.5. The van der Waals surface area contributed by atoms with Crippen LogP contribution in [0.1, 0.15) is 18.4 Å².